The van der Waals surface area contributed by atoms with Crippen LogP contribution in [0.15, 0.2) is 60.0 Å². The molecule has 0 aliphatic rings. The Morgan fingerprint density at radius 1 is 1.16 bits per heavy atom. The quantitative estimate of drug-likeness (QED) is 0.289. The van der Waals surface area contributed by atoms with Gasteiger partial charge in [-0.05, 0) is 36.1 Å². The summed E-state index contributed by atoms with van der Waals surface area (Å²) >= 11 is 1.31. The maximum Gasteiger partial charge on any atom is 0.269 e. The second-order valence-corrected chi connectivity index (χ2v) is 8.49. The van der Waals surface area contributed by atoms with Crippen LogP contribution in [0.5, 0.6) is 0 Å². The lowest BCUT2D eigenvalue weighted by atomic mass is 10.0. The van der Waals surface area contributed by atoms with Crippen molar-refractivity contribution in [2.45, 2.75) is 37.9 Å². The SMILES string of the molecule is CC(C)c1ccc(-n2cnnc2SCC(=O)N(C)C(C)c2cccc([N+](=O)[O-])c2)cc1. The van der Waals surface area contributed by atoms with Crippen LogP contribution in [0, 0.1) is 10.1 Å². The fraction of sp³-hybridized carbons (Fsp3) is 0.318. The Hall–Kier alpha value is -3.20. The molecule has 0 N–H and O–H groups in total. The molecule has 0 radical (unpaired) electrons. The normalized spacial score (nSPS) is 12.0. The first-order chi connectivity index (χ1) is 14.8. The van der Waals surface area contributed by atoms with Gasteiger partial charge in [-0.25, -0.2) is 0 Å². The molecule has 1 unspecified atom stereocenters. The standard InChI is InChI=1S/C22H25N5O3S/c1-15(2)17-8-10-19(11-9-17)26-14-23-24-22(26)31-13-21(28)25(4)16(3)18-6-5-7-20(12-18)27(29)30/h5-12,14-16H,13H2,1-4H3. The Morgan fingerprint density at radius 3 is 2.52 bits per heavy atom. The average Bonchev–Trinajstić information content (AvgIpc) is 3.25. The third-order valence-electron chi connectivity index (χ3n) is 5.22. The molecule has 1 atom stereocenters. The van der Waals surface area contributed by atoms with E-state index in [1.807, 2.05) is 23.6 Å². The Morgan fingerprint density at radius 2 is 1.87 bits per heavy atom. The molecule has 3 aromatic rings. The van der Waals surface area contributed by atoms with E-state index in [0.717, 1.165) is 5.69 Å². The summed E-state index contributed by atoms with van der Waals surface area (Å²) in [5.41, 5.74) is 2.90. The number of nitro groups is 1. The number of nitrogens with zero attached hydrogens (tertiary/aromatic N) is 5. The highest BCUT2D eigenvalue weighted by Crippen LogP contribution is 2.26. The number of rotatable bonds is 8. The Kier molecular flexibility index (Phi) is 7.06. The highest BCUT2D eigenvalue weighted by molar-refractivity contribution is 7.99. The van der Waals surface area contributed by atoms with Crippen LogP contribution in [0.3, 0.4) is 0 Å². The van der Waals surface area contributed by atoms with Crippen LogP contribution in [0.1, 0.15) is 43.9 Å². The summed E-state index contributed by atoms with van der Waals surface area (Å²) in [5, 5.41) is 19.8. The van der Waals surface area contributed by atoms with Gasteiger partial charge >= 0.3 is 0 Å². The summed E-state index contributed by atoms with van der Waals surface area (Å²) in [6, 6.07) is 14.2. The molecule has 1 aromatic heterocycles. The lowest BCUT2D eigenvalue weighted by Crippen LogP contribution is -2.31. The number of hydrogen-bond acceptors (Lipinski definition) is 6. The van der Waals surface area contributed by atoms with Crippen LogP contribution in [0.4, 0.5) is 5.69 Å². The second-order valence-electron chi connectivity index (χ2n) is 7.55. The van der Waals surface area contributed by atoms with Gasteiger partial charge < -0.3 is 4.90 Å². The lowest BCUT2D eigenvalue weighted by molar-refractivity contribution is -0.384. The zero-order valence-electron chi connectivity index (χ0n) is 17.9. The Balaban J connectivity index is 1.66. The van der Waals surface area contributed by atoms with Crippen molar-refractivity contribution in [3.8, 4) is 5.69 Å². The number of nitro benzene ring substituents is 1. The molecule has 1 amide bonds. The largest absolute Gasteiger partial charge is 0.338 e. The van der Waals surface area contributed by atoms with Crippen molar-refractivity contribution < 1.29 is 9.72 Å². The molecule has 0 bridgehead atoms. The van der Waals surface area contributed by atoms with Crippen molar-refractivity contribution in [3.63, 3.8) is 0 Å². The summed E-state index contributed by atoms with van der Waals surface area (Å²) < 4.78 is 1.85. The first-order valence-corrected chi connectivity index (χ1v) is 10.9. The van der Waals surface area contributed by atoms with Crippen molar-refractivity contribution in [2.75, 3.05) is 12.8 Å². The minimum absolute atomic E-state index is 0.0103. The molecular weight excluding hydrogens is 414 g/mol. The minimum Gasteiger partial charge on any atom is -0.338 e. The van der Waals surface area contributed by atoms with E-state index in [1.165, 1.54) is 29.5 Å². The van der Waals surface area contributed by atoms with Gasteiger partial charge in [0.2, 0.25) is 5.91 Å². The van der Waals surface area contributed by atoms with Gasteiger partial charge in [0.1, 0.15) is 6.33 Å². The van der Waals surface area contributed by atoms with Gasteiger partial charge in [0, 0.05) is 24.9 Å². The molecule has 1 heterocycles. The number of thioether (sulfide) groups is 1. The number of non-ortho nitro benzene ring substituents is 1. The monoisotopic (exact) mass is 439 g/mol. The van der Waals surface area contributed by atoms with Gasteiger partial charge in [-0.1, -0.05) is 49.9 Å². The van der Waals surface area contributed by atoms with E-state index in [1.54, 1.807) is 30.4 Å². The van der Waals surface area contributed by atoms with Crippen molar-refractivity contribution in [3.05, 3.63) is 76.1 Å². The van der Waals surface area contributed by atoms with Crippen molar-refractivity contribution in [1.82, 2.24) is 19.7 Å². The first kappa shape index (κ1) is 22.5. The van der Waals surface area contributed by atoms with E-state index < -0.39 is 4.92 Å². The van der Waals surface area contributed by atoms with Crippen molar-refractivity contribution in [1.29, 1.82) is 0 Å². The van der Waals surface area contributed by atoms with E-state index in [-0.39, 0.29) is 23.4 Å². The second kappa shape index (κ2) is 9.74. The first-order valence-electron chi connectivity index (χ1n) is 9.91. The van der Waals surface area contributed by atoms with Gasteiger partial charge in [0.15, 0.2) is 5.16 Å². The van der Waals surface area contributed by atoms with E-state index in [2.05, 4.69) is 36.2 Å². The zero-order chi connectivity index (χ0) is 22.5. The van der Waals surface area contributed by atoms with Crippen LogP contribution >= 0.6 is 11.8 Å². The molecule has 8 nitrogen and oxygen atoms in total. The van der Waals surface area contributed by atoms with Crippen LogP contribution in [-0.4, -0.2) is 43.3 Å². The average molecular weight is 440 g/mol. The topological polar surface area (TPSA) is 94.2 Å². The molecule has 9 heteroatoms. The molecule has 0 aliphatic heterocycles. The molecule has 31 heavy (non-hydrogen) atoms. The summed E-state index contributed by atoms with van der Waals surface area (Å²) in [7, 11) is 1.70. The summed E-state index contributed by atoms with van der Waals surface area (Å²) in [6.45, 7) is 6.14. The summed E-state index contributed by atoms with van der Waals surface area (Å²) in [6.07, 6.45) is 1.63. The van der Waals surface area contributed by atoms with Gasteiger partial charge in [-0.2, -0.15) is 0 Å². The zero-order valence-corrected chi connectivity index (χ0v) is 18.7. The maximum atomic E-state index is 12.8. The molecular formula is C22H25N5O3S. The minimum atomic E-state index is -0.436. The highest BCUT2D eigenvalue weighted by atomic mass is 32.2. The Labute approximate surface area is 185 Å². The summed E-state index contributed by atoms with van der Waals surface area (Å²) in [4.78, 5) is 24.9. The highest BCUT2D eigenvalue weighted by Gasteiger charge is 2.20. The number of amides is 1. The predicted octanol–water partition coefficient (Wildman–Crippen LogP) is 4.61. The molecule has 162 valence electrons. The van der Waals surface area contributed by atoms with E-state index in [4.69, 9.17) is 0 Å². The Bertz CT molecular complexity index is 1070. The number of carbonyl (C=O) groups is 1. The fourth-order valence-corrected chi connectivity index (χ4v) is 3.94. The fourth-order valence-electron chi connectivity index (χ4n) is 3.09. The van der Waals surface area contributed by atoms with Gasteiger partial charge in [0.25, 0.3) is 5.69 Å². The van der Waals surface area contributed by atoms with E-state index >= 15 is 0 Å². The number of benzene rings is 2. The molecule has 3 rings (SSSR count). The van der Waals surface area contributed by atoms with Gasteiger partial charge in [-0.15, -0.1) is 10.2 Å². The summed E-state index contributed by atoms with van der Waals surface area (Å²) in [5.74, 6) is 0.525. The number of hydrogen-bond donors (Lipinski definition) is 0. The number of aromatic nitrogens is 3. The van der Waals surface area contributed by atoms with E-state index in [9.17, 15) is 14.9 Å². The molecule has 0 spiro atoms. The van der Waals surface area contributed by atoms with Gasteiger partial charge in [-0.3, -0.25) is 19.5 Å². The molecule has 0 aliphatic carbocycles. The van der Waals surface area contributed by atoms with Crippen LogP contribution in [-0.2, 0) is 4.79 Å². The van der Waals surface area contributed by atoms with Crippen molar-refractivity contribution in [2.24, 2.45) is 0 Å². The third-order valence-corrected chi connectivity index (χ3v) is 6.14. The van der Waals surface area contributed by atoms with Crippen LogP contribution in [0.2, 0.25) is 0 Å². The van der Waals surface area contributed by atoms with Crippen LogP contribution < -0.4 is 0 Å². The maximum absolute atomic E-state index is 12.8. The van der Waals surface area contributed by atoms with Gasteiger partial charge in [0.05, 0.1) is 16.7 Å². The molecule has 0 saturated carbocycles. The number of carbonyl (C=O) groups excluding carboxylic acids is 1. The van der Waals surface area contributed by atoms with Crippen molar-refractivity contribution >= 4 is 23.4 Å². The van der Waals surface area contributed by atoms with E-state index in [0.29, 0.717) is 16.6 Å². The lowest BCUT2D eigenvalue weighted by Gasteiger charge is -2.25. The third kappa shape index (κ3) is 5.29. The smallest absolute Gasteiger partial charge is 0.269 e. The van der Waals surface area contributed by atoms with Crippen LogP contribution in [0.25, 0.3) is 5.69 Å². The molecule has 0 fully saturated rings. The molecule has 2 aromatic carbocycles. The molecule has 0 saturated heterocycles. The predicted molar refractivity (Wildman–Crippen MR) is 120 cm³/mol.